The maximum absolute atomic E-state index is 12.1. The second kappa shape index (κ2) is 7.16. The molecule has 21 heavy (non-hydrogen) atoms. The molecule has 0 heterocycles. The van der Waals surface area contributed by atoms with Gasteiger partial charge in [-0.3, -0.25) is 0 Å². The monoisotopic (exact) mass is 301 g/mol. The molecule has 0 radical (unpaired) electrons. The van der Waals surface area contributed by atoms with Crippen LogP contribution in [0.4, 0.5) is 13.2 Å². The number of alkyl halides is 3. The van der Waals surface area contributed by atoms with Crippen molar-refractivity contribution in [1.29, 1.82) is 0 Å². The van der Waals surface area contributed by atoms with E-state index in [1.54, 1.807) is 12.1 Å². The van der Waals surface area contributed by atoms with Crippen LogP contribution in [0.5, 0.6) is 5.75 Å². The second-order valence-corrected chi connectivity index (χ2v) is 5.63. The van der Waals surface area contributed by atoms with Gasteiger partial charge in [-0.25, -0.2) is 0 Å². The van der Waals surface area contributed by atoms with Crippen LogP contribution in [0.15, 0.2) is 24.3 Å². The number of rotatable bonds is 5. The van der Waals surface area contributed by atoms with Crippen LogP contribution in [0.2, 0.25) is 0 Å². The minimum atomic E-state index is -4.63. The molecule has 0 aromatic heterocycles. The third-order valence-electron chi connectivity index (χ3n) is 4.16. The summed E-state index contributed by atoms with van der Waals surface area (Å²) in [5, 5.41) is 3.54. The van der Waals surface area contributed by atoms with E-state index in [-0.39, 0.29) is 5.75 Å². The van der Waals surface area contributed by atoms with Gasteiger partial charge in [0.1, 0.15) is 5.75 Å². The molecule has 5 heteroatoms. The van der Waals surface area contributed by atoms with Crippen molar-refractivity contribution >= 4 is 0 Å². The largest absolute Gasteiger partial charge is 0.573 e. The molecule has 2 unspecified atom stereocenters. The topological polar surface area (TPSA) is 21.3 Å². The first-order valence-electron chi connectivity index (χ1n) is 7.56. The molecule has 1 saturated carbocycles. The highest BCUT2D eigenvalue weighted by atomic mass is 19.4. The Hall–Kier alpha value is -1.23. The third-order valence-corrected chi connectivity index (χ3v) is 4.16. The van der Waals surface area contributed by atoms with Crippen LogP contribution in [0.25, 0.3) is 0 Å². The molecule has 118 valence electrons. The quantitative estimate of drug-likeness (QED) is 0.855. The fraction of sp³-hybridized carbons (Fsp3) is 0.625. The summed E-state index contributed by atoms with van der Waals surface area (Å²) in [6.07, 6.45) is 1.57. The Morgan fingerprint density at radius 2 is 1.81 bits per heavy atom. The SMILES string of the molecule is CCC1CCCCC1NCc1ccc(OC(F)(F)F)cc1. The Kier molecular flexibility index (Phi) is 5.51. The minimum Gasteiger partial charge on any atom is -0.406 e. The first kappa shape index (κ1) is 16.1. The molecule has 0 spiro atoms. The van der Waals surface area contributed by atoms with Gasteiger partial charge in [0, 0.05) is 12.6 Å². The van der Waals surface area contributed by atoms with Gasteiger partial charge in [0.2, 0.25) is 0 Å². The standard InChI is InChI=1S/C16H22F3NO/c1-2-13-5-3-4-6-15(13)20-11-12-7-9-14(10-8-12)21-16(17,18)19/h7-10,13,15,20H,2-6,11H2,1H3. The van der Waals surface area contributed by atoms with Crippen molar-refractivity contribution in [2.75, 3.05) is 0 Å². The lowest BCUT2D eigenvalue weighted by atomic mass is 9.83. The van der Waals surface area contributed by atoms with Gasteiger partial charge < -0.3 is 10.1 Å². The summed E-state index contributed by atoms with van der Waals surface area (Å²) < 4.78 is 40.1. The van der Waals surface area contributed by atoms with Gasteiger partial charge >= 0.3 is 6.36 Å². The van der Waals surface area contributed by atoms with Crippen molar-refractivity contribution in [3.05, 3.63) is 29.8 Å². The Morgan fingerprint density at radius 3 is 2.43 bits per heavy atom. The van der Waals surface area contributed by atoms with E-state index in [1.807, 2.05) is 0 Å². The zero-order chi connectivity index (χ0) is 15.3. The van der Waals surface area contributed by atoms with Crippen LogP contribution < -0.4 is 10.1 Å². The normalized spacial score (nSPS) is 23.0. The lowest BCUT2D eigenvalue weighted by molar-refractivity contribution is -0.274. The molecular weight excluding hydrogens is 279 g/mol. The summed E-state index contributed by atoms with van der Waals surface area (Å²) in [7, 11) is 0. The van der Waals surface area contributed by atoms with Crippen molar-refractivity contribution in [2.24, 2.45) is 5.92 Å². The molecule has 2 rings (SSSR count). The van der Waals surface area contributed by atoms with Gasteiger partial charge in [-0.2, -0.15) is 0 Å². The maximum atomic E-state index is 12.1. The van der Waals surface area contributed by atoms with Crippen molar-refractivity contribution < 1.29 is 17.9 Å². The average molecular weight is 301 g/mol. The molecular formula is C16H22F3NO. The fourth-order valence-corrected chi connectivity index (χ4v) is 3.02. The van der Waals surface area contributed by atoms with Gasteiger partial charge in [-0.1, -0.05) is 38.3 Å². The molecule has 1 aliphatic carbocycles. The fourth-order valence-electron chi connectivity index (χ4n) is 3.02. The summed E-state index contributed by atoms with van der Waals surface area (Å²) in [4.78, 5) is 0. The van der Waals surface area contributed by atoms with Crippen molar-refractivity contribution in [1.82, 2.24) is 5.32 Å². The van der Waals surface area contributed by atoms with E-state index in [9.17, 15) is 13.2 Å². The highest BCUT2D eigenvalue weighted by Gasteiger charge is 2.31. The van der Waals surface area contributed by atoms with Crippen molar-refractivity contribution in [3.63, 3.8) is 0 Å². The van der Waals surface area contributed by atoms with E-state index >= 15 is 0 Å². The molecule has 0 bridgehead atoms. The smallest absolute Gasteiger partial charge is 0.406 e. The summed E-state index contributed by atoms with van der Waals surface area (Å²) >= 11 is 0. The highest BCUT2D eigenvalue weighted by molar-refractivity contribution is 5.27. The van der Waals surface area contributed by atoms with Gasteiger partial charge in [0.05, 0.1) is 0 Å². The first-order chi connectivity index (χ1) is 9.98. The van der Waals surface area contributed by atoms with E-state index < -0.39 is 6.36 Å². The van der Waals surface area contributed by atoms with Crippen molar-refractivity contribution in [3.8, 4) is 5.75 Å². The zero-order valence-corrected chi connectivity index (χ0v) is 12.2. The molecule has 0 aliphatic heterocycles. The van der Waals surface area contributed by atoms with Crippen LogP contribution in [0, 0.1) is 5.92 Å². The summed E-state index contributed by atoms with van der Waals surface area (Å²) in [5.41, 5.74) is 0.977. The first-order valence-corrected chi connectivity index (χ1v) is 7.56. The number of hydrogen-bond acceptors (Lipinski definition) is 2. The number of nitrogens with one attached hydrogen (secondary N) is 1. The van der Waals surface area contributed by atoms with Crippen LogP contribution in [-0.2, 0) is 6.54 Å². The Balaban J connectivity index is 1.85. The van der Waals surface area contributed by atoms with Crippen LogP contribution in [-0.4, -0.2) is 12.4 Å². The van der Waals surface area contributed by atoms with Crippen molar-refractivity contribution in [2.45, 2.75) is 58.0 Å². The lowest BCUT2D eigenvalue weighted by Crippen LogP contribution is -2.37. The summed E-state index contributed by atoms with van der Waals surface area (Å²) in [5.74, 6) is 0.543. The zero-order valence-electron chi connectivity index (χ0n) is 12.2. The van der Waals surface area contributed by atoms with Crippen LogP contribution in [0.3, 0.4) is 0 Å². The Labute approximate surface area is 123 Å². The van der Waals surface area contributed by atoms with E-state index in [0.29, 0.717) is 18.5 Å². The maximum Gasteiger partial charge on any atom is 0.573 e. The Bertz CT molecular complexity index is 430. The highest BCUT2D eigenvalue weighted by Crippen LogP contribution is 2.27. The van der Waals surface area contributed by atoms with Gasteiger partial charge in [0.25, 0.3) is 0 Å². The van der Waals surface area contributed by atoms with E-state index in [0.717, 1.165) is 5.56 Å². The second-order valence-electron chi connectivity index (χ2n) is 5.63. The lowest BCUT2D eigenvalue weighted by Gasteiger charge is -2.31. The van der Waals surface area contributed by atoms with Crippen LogP contribution >= 0.6 is 0 Å². The van der Waals surface area contributed by atoms with E-state index in [1.165, 1.54) is 44.2 Å². The van der Waals surface area contributed by atoms with Crippen LogP contribution in [0.1, 0.15) is 44.6 Å². The molecule has 0 amide bonds. The average Bonchev–Trinajstić information content (AvgIpc) is 2.45. The predicted octanol–water partition coefficient (Wildman–Crippen LogP) is 4.64. The van der Waals surface area contributed by atoms with Gasteiger partial charge in [-0.05, 0) is 36.5 Å². The molecule has 2 atom stereocenters. The summed E-state index contributed by atoms with van der Waals surface area (Å²) in [6.45, 7) is 2.90. The molecule has 2 nitrogen and oxygen atoms in total. The van der Waals surface area contributed by atoms with Gasteiger partial charge in [-0.15, -0.1) is 13.2 Å². The summed E-state index contributed by atoms with van der Waals surface area (Å²) in [6, 6.07) is 6.61. The molecule has 1 aromatic rings. The van der Waals surface area contributed by atoms with E-state index in [2.05, 4.69) is 17.0 Å². The number of hydrogen-bond donors (Lipinski definition) is 1. The number of halogens is 3. The number of benzene rings is 1. The predicted molar refractivity (Wildman–Crippen MR) is 76.0 cm³/mol. The molecule has 1 aromatic carbocycles. The molecule has 1 N–H and O–H groups in total. The minimum absolute atomic E-state index is 0.171. The van der Waals surface area contributed by atoms with Gasteiger partial charge in [0.15, 0.2) is 0 Å². The molecule has 0 saturated heterocycles. The molecule has 1 aliphatic rings. The number of ether oxygens (including phenoxy) is 1. The molecule has 1 fully saturated rings. The Morgan fingerprint density at radius 1 is 1.14 bits per heavy atom. The van der Waals surface area contributed by atoms with E-state index in [4.69, 9.17) is 0 Å². The third kappa shape index (κ3) is 5.23.